The molecule has 1 N–H and O–H groups in total. The third-order valence-electron chi connectivity index (χ3n) is 7.46. The van der Waals surface area contributed by atoms with Crippen molar-refractivity contribution < 1.29 is 14.4 Å². The molecule has 4 aliphatic carbocycles. The second-order valence-corrected chi connectivity index (χ2v) is 10.3. The molecule has 0 aromatic heterocycles. The number of benzene rings is 1. The van der Waals surface area contributed by atoms with Crippen molar-refractivity contribution in [2.75, 3.05) is 12.4 Å². The first kappa shape index (κ1) is 17.0. The molecule has 2 unspecified atom stereocenters. The van der Waals surface area contributed by atoms with E-state index in [4.69, 9.17) is 0 Å². The van der Waals surface area contributed by atoms with Gasteiger partial charge in [0.05, 0.1) is 16.5 Å². The molecule has 0 saturated heterocycles. The summed E-state index contributed by atoms with van der Waals surface area (Å²) < 4.78 is 0. The van der Waals surface area contributed by atoms with E-state index in [0.29, 0.717) is 22.7 Å². The van der Waals surface area contributed by atoms with Crippen LogP contribution in [0.4, 0.5) is 5.69 Å². The number of hydrogen-bond acceptors (Lipinski definition) is 3. The number of anilines is 1. The highest BCUT2D eigenvalue weighted by atomic mass is 16.2. The fraction of sp³-hybridized carbons (Fsp3) is 0.591. The minimum absolute atomic E-state index is 0.0918. The predicted octanol–water partition coefficient (Wildman–Crippen LogP) is 3.85. The Morgan fingerprint density at radius 1 is 1.00 bits per heavy atom. The Hall–Kier alpha value is -2.17. The van der Waals surface area contributed by atoms with Gasteiger partial charge in [0.25, 0.3) is 11.8 Å². The first-order chi connectivity index (χ1) is 12.6. The summed E-state index contributed by atoms with van der Waals surface area (Å²) in [6.45, 7) is 4.71. The van der Waals surface area contributed by atoms with Crippen molar-refractivity contribution in [2.45, 2.75) is 52.4 Å². The van der Waals surface area contributed by atoms with Gasteiger partial charge in [0.15, 0.2) is 0 Å². The average Bonchev–Trinajstić information content (AvgIpc) is 2.76. The first-order valence-corrected chi connectivity index (χ1v) is 9.90. The number of nitrogens with zero attached hydrogens (tertiary/aromatic N) is 1. The number of amides is 3. The number of nitrogens with one attached hydrogen (secondary N) is 1. The maximum absolute atomic E-state index is 13.4. The quantitative estimate of drug-likeness (QED) is 0.809. The van der Waals surface area contributed by atoms with Gasteiger partial charge in [-0.15, -0.1) is 0 Å². The lowest BCUT2D eigenvalue weighted by Crippen LogP contribution is -2.58. The van der Waals surface area contributed by atoms with Crippen LogP contribution in [0.5, 0.6) is 0 Å². The highest BCUT2D eigenvalue weighted by molar-refractivity contribution is 6.21. The minimum Gasteiger partial charge on any atom is -0.326 e. The Kier molecular flexibility index (Phi) is 3.14. The van der Waals surface area contributed by atoms with Crippen LogP contribution in [0.1, 0.15) is 73.1 Å². The number of hydrogen-bond donors (Lipinski definition) is 1. The van der Waals surface area contributed by atoms with E-state index >= 15 is 0 Å². The van der Waals surface area contributed by atoms with Crippen molar-refractivity contribution in [1.29, 1.82) is 0 Å². The summed E-state index contributed by atoms with van der Waals surface area (Å²) in [6.07, 6.45) is 6.63. The number of carbonyl (C=O) groups excluding carboxylic acids is 3. The van der Waals surface area contributed by atoms with E-state index in [9.17, 15) is 14.4 Å². The largest absolute Gasteiger partial charge is 0.326 e. The molecule has 27 heavy (non-hydrogen) atoms. The van der Waals surface area contributed by atoms with Crippen LogP contribution in [0.3, 0.4) is 0 Å². The van der Waals surface area contributed by atoms with E-state index in [-0.39, 0.29) is 34.0 Å². The fourth-order valence-corrected chi connectivity index (χ4v) is 7.40. The van der Waals surface area contributed by atoms with Gasteiger partial charge >= 0.3 is 0 Å². The van der Waals surface area contributed by atoms with Crippen LogP contribution in [-0.2, 0) is 4.79 Å². The van der Waals surface area contributed by atoms with E-state index in [1.165, 1.54) is 26.3 Å². The number of fused-ring (bicyclic) bond motifs is 1. The van der Waals surface area contributed by atoms with Crippen molar-refractivity contribution >= 4 is 23.4 Å². The van der Waals surface area contributed by atoms with Gasteiger partial charge < -0.3 is 5.32 Å². The Morgan fingerprint density at radius 3 is 2.26 bits per heavy atom. The summed E-state index contributed by atoms with van der Waals surface area (Å²) in [5.41, 5.74) is 1.66. The summed E-state index contributed by atoms with van der Waals surface area (Å²) in [7, 11) is 1.49. The highest BCUT2D eigenvalue weighted by Gasteiger charge is 2.62. The average molecular weight is 366 g/mol. The van der Waals surface area contributed by atoms with Crippen molar-refractivity contribution in [1.82, 2.24) is 4.90 Å². The van der Waals surface area contributed by atoms with Gasteiger partial charge in [-0.1, -0.05) is 13.8 Å². The van der Waals surface area contributed by atoms with Gasteiger partial charge in [0.2, 0.25) is 5.91 Å². The van der Waals surface area contributed by atoms with Crippen molar-refractivity contribution in [2.24, 2.45) is 22.2 Å². The van der Waals surface area contributed by atoms with Crippen molar-refractivity contribution in [3.8, 4) is 0 Å². The van der Waals surface area contributed by atoms with Gasteiger partial charge in [-0.2, -0.15) is 0 Å². The van der Waals surface area contributed by atoms with E-state index in [0.717, 1.165) is 24.2 Å². The van der Waals surface area contributed by atoms with Crippen LogP contribution in [0.15, 0.2) is 18.2 Å². The second kappa shape index (κ2) is 5.00. The van der Waals surface area contributed by atoms with Gasteiger partial charge in [0.1, 0.15) is 0 Å². The molecule has 0 radical (unpaired) electrons. The normalized spacial score (nSPS) is 39.1. The Labute approximate surface area is 159 Å². The SMILES string of the molecule is CN1C(=O)c2ccc(NC(=O)C34CC5CC(C)(CC(C)(C5)C3)C4)cc2C1=O. The van der Waals surface area contributed by atoms with Crippen LogP contribution in [0.25, 0.3) is 0 Å². The fourth-order valence-electron chi connectivity index (χ4n) is 7.40. The first-order valence-electron chi connectivity index (χ1n) is 9.90. The summed E-state index contributed by atoms with van der Waals surface area (Å²) in [5, 5.41) is 3.09. The summed E-state index contributed by atoms with van der Waals surface area (Å²) in [5.74, 6) is 0.153. The van der Waals surface area contributed by atoms with Crippen LogP contribution >= 0.6 is 0 Å². The molecule has 1 aromatic carbocycles. The van der Waals surface area contributed by atoms with E-state index in [2.05, 4.69) is 19.2 Å². The molecule has 1 aliphatic heterocycles. The molecule has 5 nitrogen and oxygen atoms in total. The topological polar surface area (TPSA) is 66.5 Å². The smallest absolute Gasteiger partial charge is 0.261 e. The Balaban J connectivity index is 1.44. The summed E-state index contributed by atoms with van der Waals surface area (Å²) in [4.78, 5) is 38.8. The molecule has 4 saturated carbocycles. The van der Waals surface area contributed by atoms with Crippen molar-refractivity contribution in [3.05, 3.63) is 29.3 Å². The molecule has 3 amide bonds. The van der Waals surface area contributed by atoms with E-state index in [1.807, 2.05) is 0 Å². The number of carbonyl (C=O) groups is 3. The lowest BCUT2D eigenvalue weighted by Gasteiger charge is -2.64. The molecule has 1 heterocycles. The van der Waals surface area contributed by atoms with Crippen LogP contribution in [-0.4, -0.2) is 29.7 Å². The Morgan fingerprint density at radius 2 is 1.63 bits per heavy atom. The molecular formula is C22H26N2O3. The predicted molar refractivity (Wildman–Crippen MR) is 101 cm³/mol. The standard InChI is InChI=1S/C22H26N2O3/c1-20-7-13-8-21(2,10-20)12-22(9-13,11-20)19(27)23-14-4-5-15-16(6-14)18(26)24(3)17(15)25/h4-6,13H,7-12H2,1-3H3,(H,23,27). The van der Waals surface area contributed by atoms with Gasteiger partial charge in [0, 0.05) is 12.7 Å². The monoisotopic (exact) mass is 366 g/mol. The molecule has 1 aromatic rings. The molecule has 2 atom stereocenters. The van der Waals surface area contributed by atoms with Crippen LogP contribution in [0.2, 0.25) is 0 Å². The molecular weight excluding hydrogens is 340 g/mol. The molecule has 5 heteroatoms. The van der Waals surface area contributed by atoms with Gasteiger partial charge in [-0.05, 0) is 73.5 Å². The minimum atomic E-state index is -0.305. The molecule has 6 rings (SSSR count). The number of rotatable bonds is 2. The Bertz CT molecular complexity index is 887. The third kappa shape index (κ3) is 2.33. The van der Waals surface area contributed by atoms with E-state index in [1.54, 1.807) is 18.2 Å². The lowest BCUT2D eigenvalue weighted by atomic mass is 9.40. The molecule has 0 spiro atoms. The molecule has 4 fully saturated rings. The van der Waals surface area contributed by atoms with Crippen molar-refractivity contribution in [3.63, 3.8) is 0 Å². The van der Waals surface area contributed by atoms with Crippen LogP contribution < -0.4 is 5.32 Å². The van der Waals surface area contributed by atoms with Gasteiger partial charge in [-0.3, -0.25) is 19.3 Å². The molecule has 142 valence electrons. The lowest BCUT2D eigenvalue weighted by molar-refractivity contribution is -0.165. The summed E-state index contributed by atoms with van der Waals surface area (Å²) in [6, 6.07) is 5.04. The zero-order valence-corrected chi connectivity index (χ0v) is 16.2. The second-order valence-electron chi connectivity index (χ2n) is 10.3. The van der Waals surface area contributed by atoms with Gasteiger partial charge in [-0.25, -0.2) is 0 Å². The van der Waals surface area contributed by atoms with E-state index < -0.39 is 0 Å². The zero-order chi connectivity index (χ0) is 19.2. The molecule has 4 bridgehead atoms. The molecule has 5 aliphatic rings. The number of imide groups is 1. The highest BCUT2D eigenvalue weighted by Crippen LogP contribution is 2.69. The maximum Gasteiger partial charge on any atom is 0.261 e. The third-order valence-corrected chi connectivity index (χ3v) is 7.46. The zero-order valence-electron chi connectivity index (χ0n) is 16.2. The summed E-state index contributed by atoms with van der Waals surface area (Å²) >= 11 is 0. The van der Waals surface area contributed by atoms with Crippen LogP contribution in [0, 0.1) is 22.2 Å². The maximum atomic E-state index is 13.4.